The monoisotopic (exact) mass is 359 g/mol. The maximum absolute atomic E-state index is 3.74. The van der Waals surface area contributed by atoms with Crippen molar-refractivity contribution in [2.75, 3.05) is 6.54 Å². The maximum atomic E-state index is 3.74. The van der Waals surface area contributed by atoms with E-state index in [4.69, 9.17) is 0 Å². The molecule has 1 aromatic rings. The lowest BCUT2D eigenvalue weighted by molar-refractivity contribution is 0.274. The van der Waals surface area contributed by atoms with Crippen LogP contribution in [0, 0.1) is 11.3 Å². The van der Waals surface area contributed by atoms with Crippen LogP contribution in [0.4, 0.5) is 0 Å². The van der Waals surface area contributed by atoms with Crippen molar-refractivity contribution in [2.24, 2.45) is 11.3 Å². The second-order valence-electron chi connectivity index (χ2n) is 7.19. The van der Waals surface area contributed by atoms with Crippen LogP contribution < -0.4 is 5.32 Å². The SMILES string of the molecule is CCCNC(Cc1cc(Br)cs1)CC(C)CC(C)(C)C. The van der Waals surface area contributed by atoms with E-state index < -0.39 is 0 Å². The molecule has 1 N–H and O–H groups in total. The van der Waals surface area contributed by atoms with E-state index in [9.17, 15) is 0 Å². The summed E-state index contributed by atoms with van der Waals surface area (Å²) in [6.45, 7) is 12.8. The van der Waals surface area contributed by atoms with Crippen molar-refractivity contribution in [1.29, 1.82) is 0 Å². The molecule has 116 valence electrons. The molecular weight excluding hydrogens is 330 g/mol. The Morgan fingerprint density at radius 1 is 1.35 bits per heavy atom. The summed E-state index contributed by atoms with van der Waals surface area (Å²) in [4.78, 5) is 1.48. The molecule has 3 heteroatoms. The Hall–Kier alpha value is 0.140. The van der Waals surface area contributed by atoms with Gasteiger partial charge in [0.15, 0.2) is 0 Å². The summed E-state index contributed by atoms with van der Waals surface area (Å²) < 4.78 is 1.22. The van der Waals surface area contributed by atoms with Gasteiger partial charge in [-0.05, 0) is 65.6 Å². The zero-order valence-corrected chi connectivity index (χ0v) is 16.0. The predicted molar refractivity (Wildman–Crippen MR) is 95.7 cm³/mol. The highest BCUT2D eigenvalue weighted by molar-refractivity contribution is 9.10. The van der Waals surface area contributed by atoms with Crippen molar-refractivity contribution in [3.05, 3.63) is 20.8 Å². The lowest BCUT2D eigenvalue weighted by Gasteiger charge is -2.27. The lowest BCUT2D eigenvalue weighted by atomic mass is 9.82. The first-order chi connectivity index (χ1) is 9.30. The largest absolute Gasteiger partial charge is 0.314 e. The number of rotatable bonds is 8. The van der Waals surface area contributed by atoms with E-state index >= 15 is 0 Å². The third kappa shape index (κ3) is 7.80. The van der Waals surface area contributed by atoms with Crippen molar-refractivity contribution < 1.29 is 0 Å². The number of hydrogen-bond donors (Lipinski definition) is 1. The zero-order chi connectivity index (χ0) is 15.2. The van der Waals surface area contributed by atoms with Gasteiger partial charge in [-0.2, -0.15) is 0 Å². The highest BCUT2D eigenvalue weighted by atomic mass is 79.9. The molecular formula is C17H30BrNS. The van der Waals surface area contributed by atoms with Crippen LogP contribution in [0.3, 0.4) is 0 Å². The fourth-order valence-electron chi connectivity index (χ4n) is 2.91. The van der Waals surface area contributed by atoms with Crippen molar-refractivity contribution in [2.45, 2.75) is 66.3 Å². The molecule has 0 amide bonds. The molecule has 1 rings (SSSR count). The molecule has 0 radical (unpaired) electrons. The van der Waals surface area contributed by atoms with E-state index in [0.29, 0.717) is 11.5 Å². The summed E-state index contributed by atoms with van der Waals surface area (Å²) in [5.41, 5.74) is 0.431. The minimum absolute atomic E-state index is 0.431. The predicted octanol–water partition coefficient (Wildman–Crippen LogP) is 5.88. The van der Waals surface area contributed by atoms with E-state index in [0.717, 1.165) is 18.9 Å². The van der Waals surface area contributed by atoms with Gasteiger partial charge < -0.3 is 5.32 Å². The third-order valence-electron chi connectivity index (χ3n) is 3.40. The second-order valence-corrected chi connectivity index (χ2v) is 9.10. The lowest BCUT2D eigenvalue weighted by Crippen LogP contribution is -2.33. The van der Waals surface area contributed by atoms with Crippen LogP contribution in [0.5, 0.6) is 0 Å². The first-order valence-corrected chi connectivity index (χ1v) is 9.43. The Balaban J connectivity index is 2.54. The summed E-state index contributed by atoms with van der Waals surface area (Å²) in [6, 6.07) is 2.87. The summed E-state index contributed by atoms with van der Waals surface area (Å²) in [5.74, 6) is 0.771. The smallest absolute Gasteiger partial charge is 0.0285 e. The highest BCUT2D eigenvalue weighted by Crippen LogP contribution is 2.28. The summed E-state index contributed by atoms with van der Waals surface area (Å²) in [6.07, 6.45) is 4.93. The van der Waals surface area contributed by atoms with E-state index in [1.165, 1.54) is 28.6 Å². The minimum Gasteiger partial charge on any atom is -0.314 e. The summed E-state index contributed by atoms with van der Waals surface area (Å²) in [5, 5.41) is 5.92. The van der Waals surface area contributed by atoms with Gasteiger partial charge in [0, 0.05) is 20.8 Å². The molecule has 0 saturated heterocycles. The van der Waals surface area contributed by atoms with E-state index in [1.54, 1.807) is 0 Å². The van der Waals surface area contributed by atoms with Gasteiger partial charge in [-0.25, -0.2) is 0 Å². The Morgan fingerprint density at radius 2 is 2.05 bits per heavy atom. The van der Waals surface area contributed by atoms with Gasteiger partial charge in [0.2, 0.25) is 0 Å². The van der Waals surface area contributed by atoms with Gasteiger partial charge in [0.1, 0.15) is 0 Å². The van der Waals surface area contributed by atoms with Gasteiger partial charge in [-0.3, -0.25) is 0 Å². The molecule has 0 fully saturated rings. The molecule has 0 saturated carbocycles. The van der Waals surface area contributed by atoms with Crippen molar-refractivity contribution >= 4 is 27.3 Å². The van der Waals surface area contributed by atoms with E-state index in [2.05, 4.69) is 67.3 Å². The summed E-state index contributed by atoms with van der Waals surface area (Å²) in [7, 11) is 0. The molecule has 0 bridgehead atoms. The van der Waals surface area contributed by atoms with Crippen LogP contribution >= 0.6 is 27.3 Å². The molecule has 20 heavy (non-hydrogen) atoms. The van der Waals surface area contributed by atoms with Crippen LogP contribution in [0.25, 0.3) is 0 Å². The molecule has 1 aromatic heterocycles. The summed E-state index contributed by atoms with van der Waals surface area (Å²) >= 11 is 5.42. The number of halogens is 1. The average molecular weight is 360 g/mol. The van der Waals surface area contributed by atoms with Gasteiger partial charge >= 0.3 is 0 Å². The first kappa shape index (κ1) is 18.2. The zero-order valence-electron chi connectivity index (χ0n) is 13.6. The van der Waals surface area contributed by atoms with Crippen molar-refractivity contribution in [1.82, 2.24) is 5.32 Å². The molecule has 0 aliphatic carbocycles. The topological polar surface area (TPSA) is 12.0 Å². The normalized spacial score (nSPS) is 15.3. The quantitative estimate of drug-likeness (QED) is 0.610. The number of nitrogens with one attached hydrogen (secondary N) is 1. The van der Waals surface area contributed by atoms with Crippen LogP contribution in [-0.4, -0.2) is 12.6 Å². The molecule has 1 nitrogen and oxygen atoms in total. The Kier molecular flexibility index (Phi) is 7.78. The third-order valence-corrected chi connectivity index (χ3v) is 5.12. The van der Waals surface area contributed by atoms with Crippen molar-refractivity contribution in [3.63, 3.8) is 0 Å². The molecule has 0 aliphatic rings. The Labute approximate surface area is 137 Å². The molecule has 0 aromatic carbocycles. The first-order valence-electron chi connectivity index (χ1n) is 7.76. The van der Waals surface area contributed by atoms with Crippen molar-refractivity contribution in [3.8, 4) is 0 Å². The van der Waals surface area contributed by atoms with E-state index in [1.807, 2.05) is 11.3 Å². The van der Waals surface area contributed by atoms with Gasteiger partial charge in [0.25, 0.3) is 0 Å². The minimum atomic E-state index is 0.431. The standard InChI is InChI=1S/C17H30BrNS/c1-6-7-19-15(8-13(2)11-17(3,4)5)10-16-9-14(18)12-20-16/h9,12-13,15,19H,6-8,10-11H2,1-5H3. The van der Waals surface area contributed by atoms with Gasteiger partial charge in [-0.15, -0.1) is 11.3 Å². The average Bonchev–Trinajstić information content (AvgIpc) is 2.69. The van der Waals surface area contributed by atoms with Gasteiger partial charge in [0.05, 0.1) is 0 Å². The molecule has 1 heterocycles. The number of thiophene rings is 1. The van der Waals surface area contributed by atoms with Crippen LogP contribution in [0.2, 0.25) is 0 Å². The molecule has 0 aliphatic heterocycles. The fourth-order valence-corrected chi connectivity index (χ4v) is 4.44. The fraction of sp³-hybridized carbons (Fsp3) is 0.765. The van der Waals surface area contributed by atoms with Crippen LogP contribution in [0.15, 0.2) is 15.9 Å². The van der Waals surface area contributed by atoms with E-state index in [-0.39, 0.29) is 0 Å². The Bertz CT molecular complexity index is 381. The van der Waals surface area contributed by atoms with Crippen LogP contribution in [-0.2, 0) is 6.42 Å². The molecule has 2 unspecified atom stereocenters. The second kappa shape index (κ2) is 8.55. The van der Waals surface area contributed by atoms with Crippen LogP contribution in [0.1, 0.15) is 58.8 Å². The van der Waals surface area contributed by atoms with Gasteiger partial charge in [-0.1, -0.05) is 34.6 Å². The Morgan fingerprint density at radius 3 is 2.55 bits per heavy atom. The maximum Gasteiger partial charge on any atom is 0.0285 e. The molecule has 0 spiro atoms. The number of hydrogen-bond acceptors (Lipinski definition) is 2. The highest BCUT2D eigenvalue weighted by Gasteiger charge is 2.19. The molecule has 2 atom stereocenters.